The summed E-state index contributed by atoms with van der Waals surface area (Å²) in [6, 6.07) is 6.03. The van der Waals surface area contributed by atoms with Crippen LogP contribution in [0.3, 0.4) is 0 Å². The third-order valence-electron chi connectivity index (χ3n) is 2.07. The smallest absolute Gasteiger partial charge is 0.223 e. The highest BCUT2D eigenvalue weighted by atomic mass is 16.5. The van der Waals surface area contributed by atoms with Crippen molar-refractivity contribution in [2.24, 2.45) is 0 Å². The summed E-state index contributed by atoms with van der Waals surface area (Å²) >= 11 is 0. The average Bonchev–Trinajstić information content (AvgIpc) is 2.16. The molecule has 0 saturated carbocycles. The van der Waals surface area contributed by atoms with Crippen molar-refractivity contribution >= 4 is 5.91 Å². The molecule has 0 unspecified atom stereocenters. The lowest BCUT2D eigenvalue weighted by Crippen LogP contribution is -2.20. The van der Waals surface area contributed by atoms with Gasteiger partial charge in [-0.3, -0.25) is 4.79 Å². The fraction of sp³-hybridized carbons (Fsp3) is 0.417. The van der Waals surface area contributed by atoms with Crippen molar-refractivity contribution in [3.8, 4) is 5.75 Å². The molecule has 0 atom stereocenters. The zero-order valence-electron chi connectivity index (χ0n) is 9.46. The topological polar surface area (TPSA) is 38.3 Å². The number of hydrogen-bond acceptors (Lipinski definition) is 2. The molecule has 0 saturated heterocycles. The largest absolute Gasteiger partial charge is 0.493 e. The normalized spacial score (nSPS) is 9.80. The molecule has 0 heterocycles. The first-order valence-corrected chi connectivity index (χ1v) is 5.03. The Hall–Kier alpha value is -1.51. The van der Waals surface area contributed by atoms with Crippen molar-refractivity contribution in [1.29, 1.82) is 0 Å². The molecule has 0 bridgehead atoms. The Morgan fingerprint density at radius 1 is 1.27 bits per heavy atom. The summed E-state index contributed by atoms with van der Waals surface area (Å²) in [5.41, 5.74) is 2.34. The van der Waals surface area contributed by atoms with Gasteiger partial charge in [0.25, 0.3) is 0 Å². The Morgan fingerprint density at radius 2 is 1.87 bits per heavy atom. The van der Waals surface area contributed by atoms with Gasteiger partial charge in [0.1, 0.15) is 5.75 Å². The number of benzene rings is 1. The molecule has 0 aliphatic heterocycles. The van der Waals surface area contributed by atoms with E-state index in [9.17, 15) is 4.79 Å². The van der Waals surface area contributed by atoms with E-state index in [4.69, 9.17) is 4.74 Å². The van der Waals surface area contributed by atoms with Gasteiger partial charge in [-0.15, -0.1) is 0 Å². The summed E-state index contributed by atoms with van der Waals surface area (Å²) in [4.78, 5) is 10.9. The Balaban J connectivity index is 2.47. The molecule has 82 valence electrons. The summed E-state index contributed by atoms with van der Waals surface area (Å²) in [6.45, 7) is 4.47. The Kier molecular flexibility index (Phi) is 4.16. The second kappa shape index (κ2) is 5.39. The summed E-state index contributed by atoms with van der Waals surface area (Å²) < 4.78 is 5.48. The van der Waals surface area contributed by atoms with E-state index in [0.717, 1.165) is 5.75 Å². The fourth-order valence-electron chi connectivity index (χ4n) is 1.40. The fourth-order valence-corrected chi connectivity index (χ4v) is 1.40. The second-order valence-corrected chi connectivity index (χ2v) is 3.60. The molecule has 1 amide bonds. The predicted octanol–water partition coefficient (Wildman–Crippen LogP) is 1.82. The number of carbonyl (C=O) groups is 1. The summed E-state index contributed by atoms with van der Waals surface area (Å²) in [7, 11) is 1.62. The second-order valence-electron chi connectivity index (χ2n) is 3.60. The van der Waals surface area contributed by atoms with Crippen molar-refractivity contribution in [3.05, 3.63) is 29.3 Å². The number of nitrogens with one attached hydrogen (secondary N) is 1. The SMILES string of the molecule is CNC(=O)CCOc1cc(C)cc(C)c1. The maximum Gasteiger partial charge on any atom is 0.223 e. The monoisotopic (exact) mass is 207 g/mol. The number of ether oxygens (including phenoxy) is 1. The van der Waals surface area contributed by atoms with E-state index in [0.29, 0.717) is 13.0 Å². The van der Waals surface area contributed by atoms with Crippen molar-refractivity contribution in [1.82, 2.24) is 5.32 Å². The minimum atomic E-state index is -0.000579. The highest BCUT2D eigenvalue weighted by Crippen LogP contribution is 2.16. The number of amides is 1. The van der Waals surface area contributed by atoms with E-state index < -0.39 is 0 Å². The van der Waals surface area contributed by atoms with Crippen LogP contribution in [0, 0.1) is 13.8 Å². The molecule has 1 aromatic carbocycles. The summed E-state index contributed by atoms with van der Waals surface area (Å²) in [6.07, 6.45) is 0.392. The van der Waals surface area contributed by atoms with Gasteiger partial charge >= 0.3 is 0 Å². The maximum absolute atomic E-state index is 10.9. The molecule has 0 aliphatic rings. The molecule has 1 aromatic rings. The molecule has 1 rings (SSSR count). The predicted molar refractivity (Wildman–Crippen MR) is 60.1 cm³/mol. The van der Waals surface area contributed by atoms with Gasteiger partial charge in [-0.25, -0.2) is 0 Å². The molecule has 0 aliphatic carbocycles. The quantitative estimate of drug-likeness (QED) is 0.817. The zero-order chi connectivity index (χ0) is 11.3. The zero-order valence-corrected chi connectivity index (χ0v) is 9.46. The molecule has 0 radical (unpaired) electrons. The molecule has 0 spiro atoms. The van der Waals surface area contributed by atoms with Crippen LogP contribution in [-0.4, -0.2) is 19.6 Å². The van der Waals surface area contributed by atoms with Gasteiger partial charge in [-0.1, -0.05) is 6.07 Å². The summed E-state index contributed by atoms with van der Waals surface area (Å²) in [5.74, 6) is 0.829. The van der Waals surface area contributed by atoms with Crippen LogP contribution < -0.4 is 10.1 Å². The minimum Gasteiger partial charge on any atom is -0.493 e. The van der Waals surface area contributed by atoms with Gasteiger partial charge in [-0.2, -0.15) is 0 Å². The minimum absolute atomic E-state index is 0.000579. The van der Waals surface area contributed by atoms with E-state index in [1.807, 2.05) is 26.0 Å². The lowest BCUT2D eigenvalue weighted by atomic mass is 10.1. The van der Waals surface area contributed by atoms with Crippen molar-refractivity contribution in [3.63, 3.8) is 0 Å². The Morgan fingerprint density at radius 3 is 2.40 bits per heavy atom. The van der Waals surface area contributed by atoms with E-state index in [1.165, 1.54) is 11.1 Å². The van der Waals surface area contributed by atoms with Gasteiger partial charge in [0.15, 0.2) is 0 Å². The van der Waals surface area contributed by atoms with Crippen LogP contribution >= 0.6 is 0 Å². The van der Waals surface area contributed by atoms with E-state index >= 15 is 0 Å². The van der Waals surface area contributed by atoms with E-state index in [-0.39, 0.29) is 5.91 Å². The molecule has 15 heavy (non-hydrogen) atoms. The standard InChI is InChI=1S/C12H17NO2/c1-9-6-10(2)8-11(7-9)15-5-4-12(14)13-3/h6-8H,4-5H2,1-3H3,(H,13,14). The summed E-state index contributed by atoms with van der Waals surface area (Å²) in [5, 5.41) is 2.56. The van der Waals surface area contributed by atoms with E-state index in [2.05, 4.69) is 11.4 Å². The Bertz CT molecular complexity index is 327. The number of rotatable bonds is 4. The van der Waals surface area contributed by atoms with Gasteiger partial charge in [0.2, 0.25) is 5.91 Å². The lowest BCUT2D eigenvalue weighted by Gasteiger charge is -2.07. The lowest BCUT2D eigenvalue weighted by molar-refractivity contribution is -0.121. The van der Waals surface area contributed by atoms with Crippen LogP contribution in [0.1, 0.15) is 17.5 Å². The number of aryl methyl sites for hydroxylation is 2. The van der Waals surface area contributed by atoms with Gasteiger partial charge < -0.3 is 10.1 Å². The van der Waals surface area contributed by atoms with Crippen LogP contribution in [0.4, 0.5) is 0 Å². The molecule has 3 nitrogen and oxygen atoms in total. The van der Waals surface area contributed by atoms with Crippen molar-refractivity contribution < 1.29 is 9.53 Å². The van der Waals surface area contributed by atoms with Crippen LogP contribution in [-0.2, 0) is 4.79 Å². The molecule has 1 N–H and O–H groups in total. The van der Waals surface area contributed by atoms with Crippen LogP contribution in [0.15, 0.2) is 18.2 Å². The first-order valence-electron chi connectivity index (χ1n) is 5.03. The first-order chi connectivity index (χ1) is 7.11. The van der Waals surface area contributed by atoms with Crippen LogP contribution in [0.25, 0.3) is 0 Å². The van der Waals surface area contributed by atoms with Crippen LogP contribution in [0.5, 0.6) is 5.75 Å². The molecule has 3 heteroatoms. The highest BCUT2D eigenvalue weighted by molar-refractivity contribution is 5.75. The number of hydrogen-bond donors (Lipinski definition) is 1. The average molecular weight is 207 g/mol. The number of carbonyl (C=O) groups excluding carboxylic acids is 1. The van der Waals surface area contributed by atoms with Crippen molar-refractivity contribution in [2.75, 3.05) is 13.7 Å². The van der Waals surface area contributed by atoms with Gasteiger partial charge in [-0.05, 0) is 37.1 Å². The molecule has 0 fully saturated rings. The van der Waals surface area contributed by atoms with Crippen molar-refractivity contribution in [2.45, 2.75) is 20.3 Å². The Labute approximate surface area is 90.4 Å². The molecule has 0 aromatic heterocycles. The maximum atomic E-state index is 10.9. The third-order valence-corrected chi connectivity index (χ3v) is 2.07. The first kappa shape index (κ1) is 11.6. The molecular weight excluding hydrogens is 190 g/mol. The van der Waals surface area contributed by atoms with E-state index in [1.54, 1.807) is 7.05 Å². The van der Waals surface area contributed by atoms with Gasteiger partial charge in [0.05, 0.1) is 13.0 Å². The van der Waals surface area contributed by atoms with Gasteiger partial charge in [0, 0.05) is 7.05 Å². The highest BCUT2D eigenvalue weighted by Gasteiger charge is 2.00. The third kappa shape index (κ3) is 4.02. The molecular formula is C12H17NO2. The van der Waals surface area contributed by atoms with Crippen LogP contribution in [0.2, 0.25) is 0 Å².